The van der Waals surface area contributed by atoms with E-state index < -0.39 is 0 Å². The fourth-order valence-corrected chi connectivity index (χ4v) is 3.07. The minimum absolute atomic E-state index is 0.233. The number of ether oxygens (including phenoxy) is 1. The minimum Gasteiger partial charge on any atom is -0.497 e. The Morgan fingerprint density at radius 1 is 1.07 bits per heavy atom. The van der Waals surface area contributed by atoms with Gasteiger partial charge >= 0.3 is 0 Å². The molecule has 0 unspecified atom stereocenters. The fraction of sp³-hybridized carbons (Fsp3) is 0.273. The highest BCUT2D eigenvalue weighted by atomic mass is 19.1. The molecule has 2 aromatic carbocycles. The van der Waals surface area contributed by atoms with E-state index in [0.29, 0.717) is 22.7 Å². The normalized spacial score (nSPS) is 12.3. The topological polar surface area (TPSA) is 59.4 Å². The molecule has 0 saturated carbocycles. The Balaban J connectivity index is 2.24. The first-order valence-electron chi connectivity index (χ1n) is 9.02. The number of hydrogen-bond donors (Lipinski definition) is 1. The zero-order valence-corrected chi connectivity index (χ0v) is 16.7. The average molecular weight is 381 g/mol. The van der Waals surface area contributed by atoms with Crippen molar-refractivity contribution in [1.82, 2.24) is 9.78 Å². The van der Waals surface area contributed by atoms with Gasteiger partial charge in [-0.05, 0) is 76.2 Å². The van der Waals surface area contributed by atoms with E-state index in [0.717, 1.165) is 11.3 Å². The maximum atomic E-state index is 13.3. The molecule has 1 heterocycles. The third-order valence-corrected chi connectivity index (χ3v) is 4.22. The van der Waals surface area contributed by atoms with E-state index in [2.05, 4.69) is 10.1 Å². The minimum atomic E-state index is -0.357. The second-order valence-corrected chi connectivity index (χ2v) is 7.58. The van der Waals surface area contributed by atoms with Crippen LogP contribution in [0.4, 0.5) is 4.39 Å². The fourth-order valence-electron chi connectivity index (χ4n) is 3.07. The standard InChI is InChI=1S/C22H24FN3O2/c1-14(24-22(2,3)4)19-20(15-6-12-18(28-5)13-7-15)25-26(21(19)27)17-10-8-16(23)9-11-17/h6-13,25H,1-5H3. The zero-order valence-electron chi connectivity index (χ0n) is 16.7. The van der Waals surface area contributed by atoms with Gasteiger partial charge in [0.05, 0.1) is 29.6 Å². The van der Waals surface area contributed by atoms with Gasteiger partial charge in [-0.1, -0.05) is 0 Å². The molecule has 0 fully saturated rings. The predicted octanol–water partition coefficient (Wildman–Crippen LogP) is 4.59. The second-order valence-electron chi connectivity index (χ2n) is 7.58. The second kappa shape index (κ2) is 7.46. The quantitative estimate of drug-likeness (QED) is 0.672. The van der Waals surface area contributed by atoms with E-state index in [1.807, 2.05) is 52.0 Å². The van der Waals surface area contributed by atoms with Crippen LogP contribution in [0.5, 0.6) is 5.75 Å². The molecule has 0 aliphatic heterocycles. The van der Waals surface area contributed by atoms with Crippen LogP contribution in [0.15, 0.2) is 58.3 Å². The number of H-pyrrole nitrogens is 1. The van der Waals surface area contributed by atoms with Crippen molar-refractivity contribution in [3.63, 3.8) is 0 Å². The largest absolute Gasteiger partial charge is 0.497 e. The van der Waals surface area contributed by atoms with Crippen LogP contribution >= 0.6 is 0 Å². The van der Waals surface area contributed by atoms with Crippen molar-refractivity contribution in [1.29, 1.82) is 0 Å². The Morgan fingerprint density at radius 2 is 1.68 bits per heavy atom. The van der Waals surface area contributed by atoms with Crippen molar-refractivity contribution in [2.75, 3.05) is 7.11 Å². The summed E-state index contributed by atoms with van der Waals surface area (Å²) in [7, 11) is 1.60. The van der Waals surface area contributed by atoms with Gasteiger partial charge in [-0.15, -0.1) is 0 Å². The molecule has 6 heteroatoms. The van der Waals surface area contributed by atoms with Gasteiger partial charge in [0.25, 0.3) is 5.56 Å². The molecule has 3 rings (SSSR count). The summed E-state index contributed by atoms with van der Waals surface area (Å²) in [4.78, 5) is 17.9. The molecule has 0 radical (unpaired) electrons. The molecule has 0 bridgehead atoms. The smallest absolute Gasteiger partial charge is 0.280 e. The Morgan fingerprint density at radius 3 is 2.21 bits per heavy atom. The van der Waals surface area contributed by atoms with Crippen LogP contribution in [-0.4, -0.2) is 28.1 Å². The number of aromatic nitrogens is 2. The van der Waals surface area contributed by atoms with Crippen molar-refractivity contribution < 1.29 is 9.13 Å². The summed E-state index contributed by atoms with van der Waals surface area (Å²) in [5.74, 6) is 0.370. The highest BCUT2D eigenvalue weighted by molar-refractivity contribution is 6.03. The van der Waals surface area contributed by atoms with Crippen molar-refractivity contribution in [3.05, 3.63) is 70.3 Å². The number of benzene rings is 2. The van der Waals surface area contributed by atoms with E-state index in [-0.39, 0.29) is 16.9 Å². The van der Waals surface area contributed by atoms with E-state index in [1.54, 1.807) is 19.2 Å². The van der Waals surface area contributed by atoms with Gasteiger partial charge in [0.2, 0.25) is 0 Å². The summed E-state index contributed by atoms with van der Waals surface area (Å²) in [5, 5.41) is 3.17. The molecule has 5 nitrogen and oxygen atoms in total. The molecule has 1 N–H and O–H groups in total. The van der Waals surface area contributed by atoms with Gasteiger partial charge in [-0.2, -0.15) is 0 Å². The number of aliphatic imine (C=N–C) groups is 1. The number of hydrogen-bond acceptors (Lipinski definition) is 3. The van der Waals surface area contributed by atoms with E-state index in [1.165, 1.54) is 16.8 Å². The third kappa shape index (κ3) is 4.06. The maximum Gasteiger partial charge on any atom is 0.280 e. The summed E-state index contributed by atoms with van der Waals surface area (Å²) in [6, 6.07) is 13.2. The van der Waals surface area contributed by atoms with Crippen LogP contribution in [0.2, 0.25) is 0 Å². The van der Waals surface area contributed by atoms with Crippen LogP contribution in [-0.2, 0) is 0 Å². The summed E-state index contributed by atoms with van der Waals surface area (Å²) in [6.07, 6.45) is 0. The molecule has 0 atom stereocenters. The average Bonchev–Trinajstić information content (AvgIpc) is 2.98. The lowest BCUT2D eigenvalue weighted by molar-refractivity contribution is 0.415. The first-order valence-corrected chi connectivity index (χ1v) is 9.02. The first-order chi connectivity index (χ1) is 13.2. The summed E-state index contributed by atoms with van der Waals surface area (Å²) >= 11 is 0. The lowest BCUT2D eigenvalue weighted by atomic mass is 10.0. The van der Waals surface area contributed by atoms with E-state index in [4.69, 9.17) is 4.74 Å². The molecule has 0 amide bonds. The van der Waals surface area contributed by atoms with Crippen LogP contribution in [0.1, 0.15) is 33.3 Å². The van der Waals surface area contributed by atoms with Gasteiger partial charge < -0.3 is 4.74 Å². The molecule has 0 saturated heterocycles. The van der Waals surface area contributed by atoms with Crippen LogP contribution < -0.4 is 10.3 Å². The molecular weight excluding hydrogens is 357 g/mol. The molecule has 28 heavy (non-hydrogen) atoms. The number of aromatic amines is 1. The van der Waals surface area contributed by atoms with Crippen LogP contribution in [0.3, 0.4) is 0 Å². The summed E-state index contributed by atoms with van der Waals surface area (Å²) in [5.41, 5.74) is 2.61. The lowest BCUT2D eigenvalue weighted by Gasteiger charge is -2.14. The van der Waals surface area contributed by atoms with Crippen molar-refractivity contribution in [2.45, 2.75) is 33.2 Å². The number of nitrogens with zero attached hydrogens (tertiary/aromatic N) is 2. The lowest BCUT2D eigenvalue weighted by Crippen LogP contribution is -2.22. The van der Waals surface area contributed by atoms with Gasteiger partial charge in [-0.25, -0.2) is 9.07 Å². The molecule has 3 aromatic rings. The predicted molar refractivity (Wildman–Crippen MR) is 110 cm³/mol. The highest BCUT2D eigenvalue weighted by Gasteiger charge is 2.21. The Kier molecular flexibility index (Phi) is 5.23. The zero-order chi connectivity index (χ0) is 20.5. The molecule has 1 aromatic heterocycles. The Hall–Kier alpha value is -3.15. The molecule has 146 valence electrons. The van der Waals surface area contributed by atoms with Crippen molar-refractivity contribution >= 4 is 5.71 Å². The van der Waals surface area contributed by atoms with Crippen molar-refractivity contribution in [2.24, 2.45) is 4.99 Å². The highest BCUT2D eigenvalue weighted by Crippen LogP contribution is 2.25. The van der Waals surface area contributed by atoms with Gasteiger partial charge in [0.15, 0.2) is 0 Å². The first kappa shape index (κ1) is 19.6. The number of halogens is 1. The van der Waals surface area contributed by atoms with E-state index in [9.17, 15) is 9.18 Å². The third-order valence-electron chi connectivity index (χ3n) is 4.22. The Bertz CT molecular complexity index is 1050. The van der Waals surface area contributed by atoms with Gasteiger partial charge in [-0.3, -0.25) is 14.9 Å². The van der Waals surface area contributed by atoms with Gasteiger partial charge in [0.1, 0.15) is 11.6 Å². The van der Waals surface area contributed by atoms with E-state index >= 15 is 0 Å². The molecule has 0 spiro atoms. The Labute approximate surface area is 163 Å². The SMILES string of the molecule is COc1ccc(-c2[nH]n(-c3ccc(F)cc3)c(=O)c2C(C)=NC(C)(C)C)cc1. The summed E-state index contributed by atoms with van der Waals surface area (Å²) < 4.78 is 19.9. The summed E-state index contributed by atoms with van der Waals surface area (Å²) in [6.45, 7) is 7.77. The number of nitrogens with one attached hydrogen (secondary N) is 1. The number of rotatable bonds is 4. The monoisotopic (exact) mass is 381 g/mol. The van der Waals surface area contributed by atoms with Gasteiger partial charge in [0, 0.05) is 11.3 Å². The van der Waals surface area contributed by atoms with Crippen LogP contribution in [0, 0.1) is 5.82 Å². The molecular formula is C22H24FN3O2. The maximum absolute atomic E-state index is 13.3. The molecule has 0 aliphatic carbocycles. The molecule has 0 aliphatic rings. The number of methoxy groups -OCH3 is 1. The van der Waals surface area contributed by atoms with Crippen molar-refractivity contribution in [3.8, 4) is 22.7 Å². The van der Waals surface area contributed by atoms with Crippen LogP contribution in [0.25, 0.3) is 16.9 Å².